The van der Waals surface area contributed by atoms with Crippen LogP contribution in [0.1, 0.15) is 26.3 Å². The predicted molar refractivity (Wildman–Crippen MR) is 87.5 cm³/mol. The van der Waals surface area contributed by atoms with Gasteiger partial charge in [-0.25, -0.2) is 0 Å². The second kappa shape index (κ2) is 7.15. The highest BCUT2D eigenvalue weighted by molar-refractivity contribution is 5.96. The molecule has 3 rings (SSSR count). The molecule has 8 heteroatoms. The molecule has 2 aromatic rings. The third kappa shape index (κ3) is 3.84. The number of rotatable bonds is 2. The summed E-state index contributed by atoms with van der Waals surface area (Å²) >= 11 is 0. The summed E-state index contributed by atoms with van der Waals surface area (Å²) < 4.78 is 38.4. The molecule has 0 saturated carbocycles. The van der Waals surface area contributed by atoms with E-state index in [1.807, 2.05) is 0 Å². The maximum atomic E-state index is 12.8. The zero-order valence-corrected chi connectivity index (χ0v) is 13.7. The van der Waals surface area contributed by atoms with Crippen molar-refractivity contribution in [1.29, 1.82) is 0 Å². The third-order valence-electron chi connectivity index (χ3n) is 4.22. The van der Waals surface area contributed by atoms with Gasteiger partial charge in [0.25, 0.3) is 11.8 Å². The number of halogens is 3. The van der Waals surface area contributed by atoms with Gasteiger partial charge in [-0.2, -0.15) is 13.2 Å². The molecule has 26 heavy (non-hydrogen) atoms. The fourth-order valence-electron chi connectivity index (χ4n) is 2.80. The van der Waals surface area contributed by atoms with Crippen molar-refractivity contribution in [3.8, 4) is 0 Å². The molecule has 1 aromatic carbocycles. The molecule has 0 N–H and O–H groups in total. The quantitative estimate of drug-likeness (QED) is 0.824. The van der Waals surface area contributed by atoms with E-state index in [0.717, 1.165) is 12.1 Å². The molecule has 0 atom stereocenters. The molecule has 0 spiro atoms. The van der Waals surface area contributed by atoms with E-state index in [1.54, 1.807) is 17.0 Å². The SMILES string of the molecule is O=C(c1ccncc1)N1CCN(C(=O)c2cccc(C(F)(F)F)c2)CC1. The number of amides is 2. The summed E-state index contributed by atoms with van der Waals surface area (Å²) in [6.07, 6.45) is -1.44. The summed E-state index contributed by atoms with van der Waals surface area (Å²) in [4.78, 5) is 31.8. The fraction of sp³-hybridized carbons (Fsp3) is 0.278. The van der Waals surface area contributed by atoms with Gasteiger partial charge in [-0.05, 0) is 30.3 Å². The van der Waals surface area contributed by atoms with Crippen molar-refractivity contribution < 1.29 is 22.8 Å². The number of pyridine rings is 1. The van der Waals surface area contributed by atoms with Gasteiger partial charge in [0.2, 0.25) is 0 Å². The number of carbonyl (C=O) groups is 2. The van der Waals surface area contributed by atoms with Gasteiger partial charge in [-0.1, -0.05) is 6.07 Å². The molecule has 1 aliphatic heterocycles. The zero-order chi connectivity index (χ0) is 18.7. The van der Waals surface area contributed by atoms with Gasteiger partial charge in [-0.3, -0.25) is 14.6 Å². The number of piperazine rings is 1. The maximum absolute atomic E-state index is 12.8. The van der Waals surface area contributed by atoms with Gasteiger partial charge in [0, 0.05) is 49.7 Å². The van der Waals surface area contributed by atoms with E-state index < -0.39 is 17.6 Å². The molecule has 1 fully saturated rings. The Morgan fingerprint density at radius 3 is 1.92 bits per heavy atom. The van der Waals surface area contributed by atoms with Crippen molar-refractivity contribution in [2.75, 3.05) is 26.2 Å². The van der Waals surface area contributed by atoms with Gasteiger partial charge in [-0.15, -0.1) is 0 Å². The average Bonchev–Trinajstić information content (AvgIpc) is 2.67. The van der Waals surface area contributed by atoms with Crippen LogP contribution in [-0.4, -0.2) is 52.8 Å². The van der Waals surface area contributed by atoms with Crippen LogP contribution in [0.4, 0.5) is 13.2 Å². The summed E-state index contributed by atoms with van der Waals surface area (Å²) in [6.45, 7) is 1.19. The highest BCUT2D eigenvalue weighted by Gasteiger charge is 2.32. The van der Waals surface area contributed by atoms with Crippen LogP contribution >= 0.6 is 0 Å². The highest BCUT2D eigenvalue weighted by Crippen LogP contribution is 2.29. The molecule has 136 valence electrons. The van der Waals surface area contributed by atoms with Crippen LogP contribution in [-0.2, 0) is 6.18 Å². The molecule has 5 nitrogen and oxygen atoms in total. The largest absolute Gasteiger partial charge is 0.416 e. The van der Waals surface area contributed by atoms with Gasteiger partial charge < -0.3 is 9.80 Å². The molecule has 2 heterocycles. The molecule has 2 amide bonds. The number of nitrogens with zero attached hydrogens (tertiary/aromatic N) is 3. The lowest BCUT2D eigenvalue weighted by Crippen LogP contribution is -2.50. The van der Waals surface area contributed by atoms with Gasteiger partial charge in [0.1, 0.15) is 0 Å². The molecule has 0 unspecified atom stereocenters. The van der Waals surface area contributed by atoms with Crippen LogP contribution in [0.2, 0.25) is 0 Å². The number of aromatic nitrogens is 1. The second-order valence-electron chi connectivity index (χ2n) is 5.90. The first-order valence-electron chi connectivity index (χ1n) is 8.02. The van der Waals surface area contributed by atoms with Gasteiger partial charge >= 0.3 is 6.18 Å². The van der Waals surface area contributed by atoms with Crippen LogP contribution in [0.15, 0.2) is 48.8 Å². The molecule has 0 radical (unpaired) electrons. The first-order chi connectivity index (χ1) is 12.4. The molecule has 1 aliphatic rings. The maximum Gasteiger partial charge on any atom is 0.416 e. The third-order valence-corrected chi connectivity index (χ3v) is 4.22. The van der Waals surface area contributed by atoms with Crippen LogP contribution in [0.25, 0.3) is 0 Å². The Balaban J connectivity index is 1.65. The Bertz CT molecular complexity index is 801. The Morgan fingerprint density at radius 1 is 0.846 bits per heavy atom. The van der Waals surface area contributed by atoms with Crippen molar-refractivity contribution >= 4 is 11.8 Å². The van der Waals surface area contributed by atoms with Crippen molar-refractivity contribution in [2.45, 2.75) is 6.18 Å². The van der Waals surface area contributed by atoms with E-state index in [1.165, 1.54) is 29.4 Å². The molecule has 0 bridgehead atoms. The summed E-state index contributed by atoms with van der Waals surface area (Å²) in [5.74, 6) is -0.620. The lowest BCUT2D eigenvalue weighted by atomic mass is 10.1. The minimum absolute atomic E-state index is 0.00580. The summed E-state index contributed by atoms with van der Waals surface area (Å²) in [5, 5.41) is 0. The van der Waals surface area contributed by atoms with Crippen LogP contribution < -0.4 is 0 Å². The minimum atomic E-state index is -4.49. The van der Waals surface area contributed by atoms with E-state index in [0.29, 0.717) is 18.7 Å². The van der Waals surface area contributed by atoms with E-state index in [2.05, 4.69) is 4.98 Å². The Kier molecular flexibility index (Phi) is 4.92. The number of benzene rings is 1. The van der Waals surface area contributed by atoms with E-state index in [4.69, 9.17) is 0 Å². The van der Waals surface area contributed by atoms with Crippen molar-refractivity contribution in [1.82, 2.24) is 14.8 Å². The monoisotopic (exact) mass is 363 g/mol. The summed E-state index contributed by atoms with van der Waals surface area (Å²) in [7, 11) is 0. The van der Waals surface area contributed by atoms with Crippen LogP contribution in [0.5, 0.6) is 0 Å². The number of hydrogen-bond donors (Lipinski definition) is 0. The van der Waals surface area contributed by atoms with Crippen molar-refractivity contribution in [3.05, 3.63) is 65.5 Å². The predicted octanol–water partition coefficient (Wildman–Crippen LogP) is 2.70. The first-order valence-corrected chi connectivity index (χ1v) is 8.02. The number of hydrogen-bond acceptors (Lipinski definition) is 3. The average molecular weight is 363 g/mol. The molecule has 0 aliphatic carbocycles. The number of carbonyl (C=O) groups excluding carboxylic acids is 2. The fourth-order valence-corrected chi connectivity index (χ4v) is 2.80. The highest BCUT2D eigenvalue weighted by atomic mass is 19.4. The second-order valence-corrected chi connectivity index (χ2v) is 5.90. The molecular formula is C18H16F3N3O2. The van der Waals surface area contributed by atoms with Crippen LogP contribution in [0, 0.1) is 0 Å². The smallest absolute Gasteiger partial charge is 0.335 e. The molecular weight excluding hydrogens is 347 g/mol. The first kappa shape index (κ1) is 17.9. The normalized spacial score (nSPS) is 15.0. The summed E-state index contributed by atoms with van der Waals surface area (Å²) in [6, 6.07) is 7.61. The zero-order valence-electron chi connectivity index (χ0n) is 13.7. The molecule has 1 aromatic heterocycles. The standard InChI is InChI=1S/C18H16F3N3O2/c19-18(20,21)15-3-1-2-14(12-15)17(26)24-10-8-23(9-11-24)16(25)13-4-6-22-7-5-13/h1-7,12H,8-11H2. The topological polar surface area (TPSA) is 53.5 Å². The Labute approximate surface area is 148 Å². The Hall–Kier alpha value is -2.90. The van der Waals surface area contributed by atoms with E-state index in [-0.39, 0.29) is 24.6 Å². The number of alkyl halides is 3. The lowest BCUT2D eigenvalue weighted by molar-refractivity contribution is -0.137. The minimum Gasteiger partial charge on any atom is -0.335 e. The molecule has 1 saturated heterocycles. The van der Waals surface area contributed by atoms with Gasteiger partial charge in [0.05, 0.1) is 5.56 Å². The van der Waals surface area contributed by atoms with E-state index >= 15 is 0 Å². The summed E-state index contributed by atoms with van der Waals surface area (Å²) in [5.41, 5.74) is -0.346. The van der Waals surface area contributed by atoms with E-state index in [9.17, 15) is 22.8 Å². The van der Waals surface area contributed by atoms with Crippen molar-refractivity contribution in [2.24, 2.45) is 0 Å². The van der Waals surface area contributed by atoms with Gasteiger partial charge in [0.15, 0.2) is 0 Å². The lowest BCUT2D eigenvalue weighted by Gasteiger charge is -2.35. The van der Waals surface area contributed by atoms with Crippen LogP contribution in [0.3, 0.4) is 0 Å². The van der Waals surface area contributed by atoms with Crippen molar-refractivity contribution in [3.63, 3.8) is 0 Å². The Morgan fingerprint density at radius 2 is 1.38 bits per heavy atom.